The van der Waals surface area contributed by atoms with Gasteiger partial charge in [0, 0.05) is 17.3 Å². The van der Waals surface area contributed by atoms with Crippen LogP contribution >= 0.6 is 0 Å². The topological polar surface area (TPSA) is 50.8 Å². The second-order valence-electron chi connectivity index (χ2n) is 5.65. The van der Waals surface area contributed by atoms with Crippen LogP contribution in [0.2, 0.25) is 0 Å². The smallest absolute Gasteiger partial charge is 0.128 e. The van der Waals surface area contributed by atoms with E-state index in [1.54, 1.807) is 7.11 Å². The third kappa shape index (κ3) is 2.67. The van der Waals surface area contributed by atoms with Crippen molar-refractivity contribution in [3.05, 3.63) is 36.0 Å². The van der Waals surface area contributed by atoms with E-state index in [0.29, 0.717) is 6.42 Å². The first-order valence-corrected chi connectivity index (χ1v) is 6.56. The van der Waals surface area contributed by atoms with E-state index in [0.717, 1.165) is 22.6 Å². The third-order valence-electron chi connectivity index (χ3n) is 3.11. The minimum Gasteiger partial charge on any atom is -0.496 e. The summed E-state index contributed by atoms with van der Waals surface area (Å²) in [5.41, 5.74) is 2.54. The van der Waals surface area contributed by atoms with E-state index in [1.807, 2.05) is 35.1 Å². The van der Waals surface area contributed by atoms with E-state index in [9.17, 15) is 0 Å². The molecule has 1 aromatic carbocycles. The highest BCUT2D eigenvalue weighted by Crippen LogP contribution is 2.32. The van der Waals surface area contributed by atoms with Gasteiger partial charge in [-0.05, 0) is 32.9 Å². The van der Waals surface area contributed by atoms with Crippen LogP contribution in [0.1, 0.15) is 26.3 Å². The zero-order chi connectivity index (χ0) is 14.8. The van der Waals surface area contributed by atoms with Crippen LogP contribution in [0.25, 0.3) is 11.3 Å². The molecule has 0 saturated heterocycles. The summed E-state index contributed by atoms with van der Waals surface area (Å²) < 4.78 is 7.30. The van der Waals surface area contributed by atoms with Crippen molar-refractivity contribution >= 4 is 0 Å². The van der Waals surface area contributed by atoms with Crippen molar-refractivity contribution in [2.45, 2.75) is 32.7 Å². The van der Waals surface area contributed by atoms with Gasteiger partial charge < -0.3 is 4.74 Å². The lowest BCUT2D eigenvalue weighted by molar-refractivity contribution is 0.356. The minimum absolute atomic E-state index is 0.121. The summed E-state index contributed by atoms with van der Waals surface area (Å²) in [5.74, 6) is 0.769. The van der Waals surface area contributed by atoms with Crippen molar-refractivity contribution in [2.24, 2.45) is 0 Å². The number of benzene rings is 1. The average molecular weight is 269 g/mol. The lowest BCUT2D eigenvalue weighted by Crippen LogP contribution is -2.22. The molecule has 0 bridgehead atoms. The van der Waals surface area contributed by atoms with Crippen molar-refractivity contribution in [1.82, 2.24) is 9.78 Å². The van der Waals surface area contributed by atoms with Crippen LogP contribution in [0.5, 0.6) is 5.75 Å². The van der Waals surface area contributed by atoms with Crippen molar-refractivity contribution < 1.29 is 4.74 Å². The van der Waals surface area contributed by atoms with E-state index >= 15 is 0 Å². The SMILES string of the molecule is COc1ccccc1-c1nn(C(C)(C)C)cc1CC#N. The second-order valence-corrected chi connectivity index (χ2v) is 5.65. The molecule has 0 atom stereocenters. The fourth-order valence-electron chi connectivity index (χ4n) is 2.03. The molecule has 0 aliphatic rings. The van der Waals surface area contributed by atoms with Crippen LogP contribution in [0.4, 0.5) is 0 Å². The predicted molar refractivity (Wildman–Crippen MR) is 78.5 cm³/mol. The molecule has 0 amide bonds. The van der Waals surface area contributed by atoms with Crippen LogP contribution in [0, 0.1) is 11.3 Å². The Morgan fingerprint density at radius 1 is 1.30 bits per heavy atom. The van der Waals surface area contributed by atoms with Crippen LogP contribution in [0.15, 0.2) is 30.5 Å². The molecule has 104 valence electrons. The number of hydrogen-bond donors (Lipinski definition) is 0. The highest BCUT2D eigenvalue weighted by molar-refractivity contribution is 5.70. The van der Waals surface area contributed by atoms with E-state index in [2.05, 4.69) is 31.9 Å². The normalized spacial score (nSPS) is 11.2. The highest BCUT2D eigenvalue weighted by Gasteiger charge is 2.20. The Morgan fingerprint density at radius 2 is 2.00 bits per heavy atom. The van der Waals surface area contributed by atoms with E-state index in [1.165, 1.54) is 0 Å². The predicted octanol–water partition coefficient (Wildman–Crippen LogP) is 3.38. The summed E-state index contributed by atoms with van der Waals surface area (Å²) in [6.07, 6.45) is 2.29. The molecular weight excluding hydrogens is 250 g/mol. The Balaban J connectivity index is 2.61. The van der Waals surface area contributed by atoms with Crippen molar-refractivity contribution in [3.63, 3.8) is 0 Å². The van der Waals surface area contributed by atoms with E-state index in [-0.39, 0.29) is 5.54 Å². The first-order valence-electron chi connectivity index (χ1n) is 6.56. The van der Waals surface area contributed by atoms with Gasteiger partial charge in [-0.3, -0.25) is 4.68 Å². The number of hydrogen-bond acceptors (Lipinski definition) is 3. The number of nitrogens with zero attached hydrogens (tertiary/aromatic N) is 3. The molecule has 0 aliphatic heterocycles. The molecule has 0 radical (unpaired) electrons. The monoisotopic (exact) mass is 269 g/mol. The maximum Gasteiger partial charge on any atom is 0.128 e. The van der Waals surface area contributed by atoms with Gasteiger partial charge in [0.1, 0.15) is 11.4 Å². The van der Waals surface area contributed by atoms with Gasteiger partial charge in [0.15, 0.2) is 0 Å². The van der Waals surface area contributed by atoms with E-state index in [4.69, 9.17) is 10.00 Å². The van der Waals surface area contributed by atoms with E-state index < -0.39 is 0 Å². The number of aromatic nitrogens is 2. The average Bonchev–Trinajstić information content (AvgIpc) is 2.83. The highest BCUT2D eigenvalue weighted by atomic mass is 16.5. The molecule has 20 heavy (non-hydrogen) atoms. The first-order chi connectivity index (χ1) is 9.47. The van der Waals surface area contributed by atoms with Gasteiger partial charge >= 0.3 is 0 Å². The molecule has 4 heteroatoms. The molecule has 0 fully saturated rings. The fraction of sp³-hybridized carbons (Fsp3) is 0.375. The summed E-state index contributed by atoms with van der Waals surface area (Å²) in [7, 11) is 1.64. The fourth-order valence-corrected chi connectivity index (χ4v) is 2.03. The summed E-state index contributed by atoms with van der Waals surface area (Å²) in [4.78, 5) is 0. The van der Waals surface area contributed by atoms with Gasteiger partial charge in [0.2, 0.25) is 0 Å². The first kappa shape index (κ1) is 14.1. The summed E-state index contributed by atoms with van der Waals surface area (Å²) in [6.45, 7) is 6.26. The maximum absolute atomic E-state index is 9.01. The Hall–Kier alpha value is -2.28. The Morgan fingerprint density at radius 3 is 2.60 bits per heavy atom. The molecule has 0 aliphatic carbocycles. The van der Waals surface area contributed by atoms with Gasteiger partial charge in [-0.1, -0.05) is 12.1 Å². The van der Waals surface area contributed by atoms with Gasteiger partial charge in [-0.25, -0.2) is 0 Å². The standard InChI is InChI=1S/C16H19N3O/c1-16(2,3)19-11-12(9-10-17)15(18-19)13-7-5-6-8-14(13)20-4/h5-8,11H,9H2,1-4H3. The maximum atomic E-state index is 9.01. The molecule has 0 unspecified atom stereocenters. The van der Waals surface area contributed by atoms with Gasteiger partial charge in [-0.15, -0.1) is 0 Å². The molecule has 4 nitrogen and oxygen atoms in total. The van der Waals surface area contributed by atoms with Crippen LogP contribution in [0.3, 0.4) is 0 Å². The van der Waals surface area contributed by atoms with Gasteiger partial charge in [-0.2, -0.15) is 10.4 Å². The van der Waals surface area contributed by atoms with Gasteiger partial charge in [0.05, 0.1) is 25.1 Å². The molecule has 0 saturated carbocycles. The van der Waals surface area contributed by atoms with Crippen molar-refractivity contribution in [1.29, 1.82) is 5.26 Å². The molecular formula is C16H19N3O. The number of ether oxygens (including phenoxy) is 1. The number of rotatable bonds is 3. The summed E-state index contributed by atoms with van der Waals surface area (Å²) >= 11 is 0. The molecule has 1 aromatic heterocycles. The van der Waals surface area contributed by atoms with Crippen LogP contribution in [-0.4, -0.2) is 16.9 Å². The van der Waals surface area contributed by atoms with Crippen molar-refractivity contribution in [3.8, 4) is 23.1 Å². The molecule has 2 aromatic rings. The molecule has 2 rings (SSSR count). The quantitative estimate of drug-likeness (QED) is 0.858. The third-order valence-corrected chi connectivity index (χ3v) is 3.11. The molecule has 0 spiro atoms. The van der Waals surface area contributed by atoms with Gasteiger partial charge in [0.25, 0.3) is 0 Å². The lowest BCUT2D eigenvalue weighted by atomic mass is 10.1. The lowest BCUT2D eigenvalue weighted by Gasteiger charge is -2.18. The summed E-state index contributed by atoms with van der Waals surface area (Å²) in [6, 6.07) is 9.95. The zero-order valence-electron chi connectivity index (χ0n) is 12.3. The number of para-hydroxylation sites is 1. The largest absolute Gasteiger partial charge is 0.496 e. The van der Waals surface area contributed by atoms with Crippen molar-refractivity contribution in [2.75, 3.05) is 7.11 Å². The second kappa shape index (κ2) is 5.38. The minimum atomic E-state index is -0.121. The van der Waals surface area contributed by atoms with Crippen LogP contribution < -0.4 is 4.74 Å². The number of methoxy groups -OCH3 is 1. The zero-order valence-corrected chi connectivity index (χ0v) is 12.3. The molecule has 1 heterocycles. The number of nitriles is 1. The van der Waals surface area contributed by atoms with Crippen LogP contribution in [-0.2, 0) is 12.0 Å². The molecule has 0 N–H and O–H groups in total. The Labute approximate surface area is 119 Å². The Bertz CT molecular complexity index is 644. The Kier molecular flexibility index (Phi) is 3.80. The summed E-state index contributed by atoms with van der Waals surface area (Å²) in [5, 5.41) is 13.7.